The molecule has 1 aliphatic carbocycles. The summed E-state index contributed by atoms with van der Waals surface area (Å²) >= 11 is 7.71. The Morgan fingerprint density at radius 2 is 2.04 bits per heavy atom. The van der Waals surface area contributed by atoms with Crippen molar-refractivity contribution in [1.29, 1.82) is 0 Å². The Labute approximate surface area is 157 Å². The number of aliphatic hydroxyl groups excluding tert-OH is 1. The van der Waals surface area contributed by atoms with Crippen LogP contribution in [0.2, 0.25) is 5.15 Å². The van der Waals surface area contributed by atoms with Gasteiger partial charge in [0.25, 0.3) is 0 Å². The first-order valence-electron chi connectivity index (χ1n) is 8.57. The number of hydrogen-bond acceptors (Lipinski definition) is 8. The van der Waals surface area contributed by atoms with E-state index < -0.39 is 11.9 Å². The summed E-state index contributed by atoms with van der Waals surface area (Å²) in [6.45, 7) is 5.80. The van der Waals surface area contributed by atoms with Crippen LogP contribution in [-0.2, 0) is 9.47 Å². The molecule has 4 atom stereocenters. The van der Waals surface area contributed by atoms with Crippen molar-refractivity contribution >= 4 is 34.9 Å². The Morgan fingerprint density at radius 1 is 1.32 bits per heavy atom. The summed E-state index contributed by atoms with van der Waals surface area (Å²) in [6, 6.07) is -0.0764. The van der Waals surface area contributed by atoms with Crippen molar-refractivity contribution < 1.29 is 14.6 Å². The van der Waals surface area contributed by atoms with Crippen LogP contribution in [0.15, 0.2) is 5.16 Å². The first-order valence-corrected chi connectivity index (χ1v) is 9.93. The van der Waals surface area contributed by atoms with Crippen LogP contribution in [0.25, 0.3) is 0 Å². The molecule has 4 N–H and O–H groups in total. The highest BCUT2D eigenvalue weighted by Crippen LogP contribution is 2.39. The van der Waals surface area contributed by atoms with Crippen LogP contribution >= 0.6 is 23.4 Å². The summed E-state index contributed by atoms with van der Waals surface area (Å²) in [7, 11) is 0. The van der Waals surface area contributed by atoms with Crippen molar-refractivity contribution in [2.24, 2.45) is 0 Å². The zero-order valence-electron chi connectivity index (χ0n) is 14.7. The van der Waals surface area contributed by atoms with E-state index in [-0.39, 0.29) is 23.4 Å². The topological polar surface area (TPSA) is 103 Å². The lowest BCUT2D eigenvalue weighted by atomic mass is 9.88. The maximum absolute atomic E-state index is 10.2. The second-order valence-corrected chi connectivity index (χ2v) is 8.29. The number of nitrogens with zero attached hydrogens (tertiary/aromatic N) is 2. The molecule has 25 heavy (non-hydrogen) atoms. The quantitative estimate of drug-likeness (QED) is 0.402. The van der Waals surface area contributed by atoms with Gasteiger partial charge in [-0.3, -0.25) is 0 Å². The van der Waals surface area contributed by atoms with Gasteiger partial charge in [-0.15, -0.1) is 0 Å². The van der Waals surface area contributed by atoms with E-state index in [0.29, 0.717) is 23.1 Å². The fourth-order valence-corrected chi connectivity index (χ4v) is 4.14. The van der Waals surface area contributed by atoms with Gasteiger partial charge < -0.3 is 25.6 Å². The molecule has 1 aliphatic heterocycles. The number of halogens is 1. The highest BCUT2D eigenvalue weighted by Gasteiger charge is 2.50. The van der Waals surface area contributed by atoms with E-state index in [1.54, 1.807) is 11.8 Å². The predicted octanol–water partition coefficient (Wildman–Crippen LogP) is 2.67. The number of ether oxygens (including phenoxy) is 2. The molecule has 140 valence electrons. The zero-order valence-corrected chi connectivity index (χ0v) is 16.2. The molecule has 1 aromatic rings. The average molecular weight is 389 g/mol. The molecule has 7 nitrogen and oxygen atoms in total. The minimum absolute atomic E-state index is 0.0764. The van der Waals surface area contributed by atoms with Crippen molar-refractivity contribution in [1.82, 2.24) is 9.97 Å². The maximum atomic E-state index is 10.2. The fourth-order valence-electron chi connectivity index (χ4n) is 3.23. The molecule has 0 spiro atoms. The van der Waals surface area contributed by atoms with Crippen LogP contribution < -0.4 is 11.1 Å². The number of nitrogen functional groups attached to an aromatic ring is 1. The van der Waals surface area contributed by atoms with Gasteiger partial charge in [0.15, 0.2) is 21.9 Å². The molecular formula is C16H25ClN4O3S. The van der Waals surface area contributed by atoms with Crippen molar-refractivity contribution in [2.75, 3.05) is 16.8 Å². The molecule has 1 aromatic heterocycles. The zero-order chi connectivity index (χ0) is 18.2. The number of fused-ring (bicyclic) bond motifs is 1. The smallest absolute Gasteiger partial charge is 0.191 e. The van der Waals surface area contributed by atoms with E-state index in [4.69, 9.17) is 26.8 Å². The van der Waals surface area contributed by atoms with Crippen molar-refractivity contribution in [2.45, 2.75) is 75.3 Å². The number of aromatic nitrogens is 2. The molecule has 2 fully saturated rings. The van der Waals surface area contributed by atoms with Gasteiger partial charge in [0, 0.05) is 5.75 Å². The normalized spacial score (nSPS) is 30.9. The van der Waals surface area contributed by atoms with Gasteiger partial charge in [0.2, 0.25) is 0 Å². The molecule has 2 aliphatic rings. The van der Waals surface area contributed by atoms with Crippen LogP contribution in [0.4, 0.5) is 11.5 Å². The van der Waals surface area contributed by atoms with Gasteiger partial charge in [0.05, 0.1) is 12.1 Å². The Morgan fingerprint density at radius 3 is 2.76 bits per heavy atom. The van der Waals surface area contributed by atoms with Crippen LogP contribution in [0.5, 0.6) is 0 Å². The third-order valence-electron chi connectivity index (χ3n) is 4.35. The lowest BCUT2D eigenvalue weighted by Crippen LogP contribution is -2.50. The second-order valence-electron chi connectivity index (χ2n) is 6.87. The molecule has 0 aromatic carbocycles. The average Bonchev–Trinajstić information content (AvgIpc) is 2.89. The van der Waals surface area contributed by atoms with Crippen molar-refractivity contribution in [3.63, 3.8) is 0 Å². The van der Waals surface area contributed by atoms with Gasteiger partial charge in [-0.05, 0) is 33.1 Å². The SMILES string of the molecule is CCCSc1nc(Cl)c(N)c(NC2CC[C@H](O)[C@H]3OC(C)(C)O[C@@H]23)n1. The highest BCUT2D eigenvalue weighted by molar-refractivity contribution is 7.99. The van der Waals surface area contributed by atoms with E-state index in [1.807, 2.05) is 13.8 Å². The number of anilines is 2. The third kappa shape index (κ3) is 4.14. The summed E-state index contributed by atoms with van der Waals surface area (Å²) in [5, 5.41) is 14.4. The number of aliphatic hydroxyl groups is 1. The Bertz CT molecular complexity index is 634. The lowest BCUT2D eigenvalue weighted by Gasteiger charge is -2.35. The maximum Gasteiger partial charge on any atom is 0.191 e. The van der Waals surface area contributed by atoms with Gasteiger partial charge in [-0.2, -0.15) is 0 Å². The minimum atomic E-state index is -0.725. The number of hydrogen-bond donors (Lipinski definition) is 3. The summed E-state index contributed by atoms with van der Waals surface area (Å²) in [5.74, 6) is 0.690. The van der Waals surface area contributed by atoms with Crippen molar-refractivity contribution in [3.8, 4) is 0 Å². The van der Waals surface area contributed by atoms with Gasteiger partial charge in [-0.1, -0.05) is 30.3 Å². The lowest BCUT2D eigenvalue weighted by molar-refractivity contribution is -0.153. The molecule has 2 heterocycles. The van der Waals surface area contributed by atoms with Crippen LogP contribution in [-0.4, -0.2) is 51.0 Å². The highest BCUT2D eigenvalue weighted by atomic mass is 35.5. The van der Waals surface area contributed by atoms with E-state index in [0.717, 1.165) is 18.6 Å². The summed E-state index contributed by atoms with van der Waals surface area (Å²) in [6.07, 6.45) is 1.18. The minimum Gasteiger partial charge on any atom is -0.393 e. The van der Waals surface area contributed by atoms with E-state index in [9.17, 15) is 5.11 Å². The number of thioether (sulfide) groups is 1. The third-order valence-corrected chi connectivity index (χ3v) is 5.69. The first kappa shape index (κ1) is 19.0. The van der Waals surface area contributed by atoms with Gasteiger partial charge >= 0.3 is 0 Å². The number of nitrogens with one attached hydrogen (secondary N) is 1. The molecule has 1 saturated carbocycles. The molecule has 0 radical (unpaired) electrons. The monoisotopic (exact) mass is 388 g/mol. The molecule has 3 rings (SSSR count). The van der Waals surface area contributed by atoms with E-state index in [1.165, 1.54) is 0 Å². The summed E-state index contributed by atoms with van der Waals surface area (Å²) in [4.78, 5) is 8.73. The fraction of sp³-hybridized carbons (Fsp3) is 0.750. The molecule has 1 unspecified atom stereocenters. The van der Waals surface area contributed by atoms with E-state index in [2.05, 4.69) is 22.2 Å². The Balaban J connectivity index is 1.80. The molecule has 0 amide bonds. The van der Waals surface area contributed by atoms with Gasteiger partial charge in [0.1, 0.15) is 17.9 Å². The van der Waals surface area contributed by atoms with Crippen LogP contribution in [0, 0.1) is 0 Å². The summed E-state index contributed by atoms with van der Waals surface area (Å²) in [5.41, 5.74) is 6.39. The van der Waals surface area contributed by atoms with Crippen molar-refractivity contribution in [3.05, 3.63) is 5.15 Å². The van der Waals surface area contributed by atoms with E-state index >= 15 is 0 Å². The van der Waals surface area contributed by atoms with Crippen LogP contribution in [0.1, 0.15) is 40.0 Å². The summed E-state index contributed by atoms with van der Waals surface area (Å²) < 4.78 is 11.9. The van der Waals surface area contributed by atoms with Crippen LogP contribution in [0.3, 0.4) is 0 Å². The Kier molecular flexibility index (Phi) is 5.65. The first-order chi connectivity index (χ1) is 11.8. The predicted molar refractivity (Wildman–Crippen MR) is 98.9 cm³/mol. The second kappa shape index (κ2) is 7.44. The number of nitrogens with two attached hydrogens (primary N) is 1. The standard InChI is InChI=1S/C16H25ClN4O3S/c1-4-7-25-15-20-13(17)10(18)14(21-15)19-8-5-6-9(22)12-11(8)23-16(2,3)24-12/h8-9,11-12,22H,4-7,18H2,1-3H3,(H,19,20,21)/t8?,9-,11-,12+/m0/s1. The molecular weight excluding hydrogens is 364 g/mol. The largest absolute Gasteiger partial charge is 0.393 e. The molecule has 0 bridgehead atoms. The van der Waals surface area contributed by atoms with Gasteiger partial charge in [-0.25, -0.2) is 9.97 Å². The Hall–Kier alpha value is -0.800. The molecule has 9 heteroatoms. The molecule has 1 saturated heterocycles. The number of rotatable bonds is 5.